The van der Waals surface area contributed by atoms with Gasteiger partial charge in [0, 0.05) is 6.61 Å². The third-order valence-electron chi connectivity index (χ3n) is 1.05. The highest BCUT2D eigenvalue weighted by atomic mass is 35.6. The lowest BCUT2D eigenvalue weighted by Crippen LogP contribution is -2.23. The summed E-state index contributed by atoms with van der Waals surface area (Å²) in [5, 5.41) is 0. The summed E-state index contributed by atoms with van der Waals surface area (Å²) in [6, 6.07) is 0. The van der Waals surface area contributed by atoms with Crippen LogP contribution in [0.1, 0.15) is 12.8 Å². The van der Waals surface area contributed by atoms with Gasteiger partial charge >= 0.3 is 0 Å². The average Bonchev–Trinajstić information content (AvgIpc) is 1.96. The van der Waals surface area contributed by atoms with E-state index in [2.05, 4.69) is 0 Å². The molecule has 1 atom stereocenters. The predicted octanol–water partition coefficient (Wildman–Crippen LogP) is 3.69. The first-order valence-electron chi connectivity index (χ1n) is 3.37. The summed E-state index contributed by atoms with van der Waals surface area (Å²) in [4.78, 5) is 0. The largest absolute Gasteiger partial charge is 0.358 e. The molecule has 1 nitrogen and oxygen atoms in total. The van der Waals surface area contributed by atoms with E-state index < -0.39 is 9.36 Å². The van der Waals surface area contributed by atoms with Crippen molar-refractivity contribution in [3.05, 3.63) is 0 Å². The van der Waals surface area contributed by atoms with Gasteiger partial charge in [-0.3, -0.25) is 4.39 Å². The lowest BCUT2D eigenvalue weighted by Gasteiger charge is -2.17. The van der Waals surface area contributed by atoms with Gasteiger partial charge in [0.1, 0.15) is 0 Å². The highest BCUT2D eigenvalue weighted by Crippen LogP contribution is 2.34. The number of hydrogen-bond donors (Lipinski definition) is 0. The molecule has 0 heterocycles. The van der Waals surface area contributed by atoms with E-state index in [1.807, 2.05) is 0 Å². The van der Waals surface area contributed by atoms with Gasteiger partial charge in [-0.2, -0.15) is 0 Å². The molecule has 0 aromatic carbocycles. The van der Waals surface area contributed by atoms with E-state index in [9.17, 15) is 4.39 Å². The maximum atomic E-state index is 11.6. The van der Waals surface area contributed by atoms with Crippen LogP contribution in [0.4, 0.5) is 4.39 Å². The third kappa shape index (κ3) is 6.55. The molecule has 1 unspecified atom stereocenters. The number of ether oxygens (including phenoxy) is 1. The number of halogens is 5. The molecule has 6 heteroatoms. The van der Waals surface area contributed by atoms with Crippen LogP contribution >= 0.6 is 46.4 Å². The van der Waals surface area contributed by atoms with E-state index in [0.717, 1.165) is 0 Å². The van der Waals surface area contributed by atoms with Gasteiger partial charge in [-0.05, 0) is 12.8 Å². The molecule has 0 amide bonds. The van der Waals surface area contributed by atoms with Crippen LogP contribution in [0.3, 0.4) is 0 Å². The van der Waals surface area contributed by atoms with E-state index in [0.29, 0.717) is 19.4 Å². The molecule has 0 rings (SSSR count). The van der Waals surface area contributed by atoms with Crippen molar-refractivity contribution in [1.82, 2.24) is 0 Å². The second-order valence-corrected chi connectivity index (χ2v) is 4.89. The molecule has 0 aliphatic heterocycles. The smallest absolute Gasteiger partial charge is 0.230 e. The molecular formula is C6H9Cl4FO. The number of unbranched alkanes of at least 4 members (excludes halogenated alkanes) is 1. The van der Waals surface area contributed by atoms with Gasteiger partial charge in [0.05, 0.1) is 6.67 Å². The summed E-state index contributed by atoms with van der Waals surface area (Å²) >= 11 is 21.7. The van der Waals surface area contributed by atoms with E-state index in [-0.39, 0.29) is 6.67 Å². The average molecular weight is 258 g/mol. The van der Waals surface area contributed by atoms with E-state index in [1.54, 1.807) is 0 Å². The maximum Gasteiger partial charge on any atom is 0.230 e. The van der Waals surface area contributed by atoms with E-state index in [4.69, 9.17) is 51.1 Å². The number of rotatable bonds is 5. The van der Waals surface area contributed by atoms with Crippen molar-refractivity contribution in [1.29, 1.82) is 0 Å². The summed E-state index contributed by atoms with van der Waals surface area (Å²) in [5.74, 6) is 0. The Bertz CT molecular complexity index is 117. The lowest BCUT2D eigenvalue weighted by atomic mass is 10.3. The van der Waals surface area contributed by atoms with Gasteiger partial charge in [-0.25, -0.2) is 0 Å². The fourth-order valence-electron chi connectivity index (χ4n) is 0.478. The topological polar surface area (TPSA) is 9.23 Å². The second kappa shape index (κ2) is 6.50. The highest BCUT2D eigenvalue weighted by molar-refractivity contribution is 6.70. The quantitative estimate of drug-likeness (QED) is 0.539. The van der Waals surface area contributed by atoms with Gasteiger partial charge in [-0.15, -0.1) is 0 Å². The lowest BCUT2D eigenvalue weighted by molar-refractivity contribution is 0.105. The fraction of sp³-hybridized carbons (Fsp3) is 1.00. The molecule has 0 aromatic heterocycles. The molecule has 0 saturated carbocycles. The molecule has 0 aliphatic carbocycles. The van der Waals surface area contributed by atoms with Crippen LogP contribution in [0.15, 0.2) is 0 Å². The zero-order valence-corrected chi connectivity index (χ0v) is 9.23. The molecule has 0 radical (unpaired) electrons. The van der Waals surface area contributed by atoms with Crippen LogP contribution < -0.4 is 0 Å². The minimum absolute atomic E-state index is 0.298. The Morgan fingerprint density at radius 1 is 1.25 bits per heavy atom. The van der Waals surface area contributed by atoms with Crippen molar-refractivity contribution < 1.29 is 9.13 Å². The summed E-state index contributed by atoms with van der Waals surface area (Å²) in [6.45, 7) is -0.0733. The normalized spacial score (nSPS) is 14.8. The van der Waals surface area contributed by atoms with Crippen molar-refractivity contribution in [2.75, 3.05) is 13.3 Å². The predicted molar refractivity (Wildman–Crippen MR) is 51.1 cm³/mol. The van der Waals surface area contributed by atoms with Gasteiger partial charge in [0.25, 0.3) is 0 Å². The Morgan fingerprint density at radius 3 is 2.25 bits per heavy atom. The van der Waals surface area contributed by atoms with Crippen molar-refractivity contribution in [2.24, 2.45) is 0 Å². The monoisotopic (exact) mass is 256 g/mol. The summed E-state index contributed by atoms with van der Waals surface area (Å²) < 4.78 is 14.9. The van der Waals surface area contributed by atoms with Crippen LogP contribution in [0.2, 0.25) is 0 Å². The van der Waals surface area contributed by atoms with Crippen LogP contribution in [0.5, 0.6) is 0 Å². The molecule has 0 fully saturated rings. The molecule has 0 spiro atoms. The van der Waals surface area contributed by atoms with Gasteiger partial charge in [-0.1, -0.05) is 46.4 Å². The Morgan fingerprint density at radius 2 is 1.83 bits per heavy atom. The first kappa shape index (κ1) is 13.1. The standard InChI is InChI=1S/C6H9Cl4FO/c7-5(6(8,9)10)12-4-2-1-3-11/h5H,1-4H2. The fourth-order valence-corrected chi connectivity index (χ4v) is 0.756. The number of hydrogen-bond acceptors (Lipinski definition) is 1. The molecule has 74 valence electrons. The van der Waals surface area contributed by atoms with Crippen LogP contribution in [-0.2, 0) is 4.74 Å². The van der Waals surface area contributed by atoms with Crippen molar-refractivity contribution in [3.63, 3.8) is 0 Å². The molecular weight excluding hydrogens is 249 g/mol. The molecule has 0 bridgehead atoms. The van der Waals surface area contributed by atoms with E-state index in [1.165, 1.54) is 0 Å². The number of alkyl halides is 5. The van der Waals surface area contributed by atoms with Crippen LogP contribution in [-0.4, -0.2) is 22.6 Å². The highest BCUT2D eigenvalue weighted by Gasteiger charge is 2.31. The third-order valence-corrected chi connectivity index (χ3v) is 2.43. The van der Waals surface area contributed by atoms with E-state index >= 15 is 0 Å². The molecule has 12 heavy (non-hydrogen) atoms. The van der Waals surface area contributed by atoms with Crippen LogP contribution in [0, 0.1) is 0 Å². The zero-order chi connectivity index (χ0) is 9.61. The summed E-state index contributed by atoms with van der Waals surface area (Å²) in [7, 11) is 0. The Kier molecular flexibility index (Phi) is 7.06. The first-order chi connectivity index (χ1) is 5.48. The van der Waals surface area contributed by atoms with Crippen molar-refractivity contribution in [2.45, 2.75) is 22.2 Å². The molecule has 0 saturated heterocycles. The Hall–Kier alpha value is 1.05. The maximum absolute atomic E-state index is 11.6. The first-order valence-corrected chi connectivity index (χ1v) is 4.94. The van der Waals surface area contributed by atoms with Gasteiger partial charge < -0.3 is 4.74 Å². The molecule has 0 N–H and O–H groups in total. The van der Waals surface area contributed by atoms with Crippen LogP contribution in [0.25, 0.3) is 0 Å². The van der Waals surface area contributed by atoms with Gasteiger partial charge in [0.15, 0.2) is 5.56 Å². The summed E-state index contributed by atoms with van der Waals surface area (Å²) in [6.07, 6.45) is 1.00. The minimum atomic E-state index is -1.63. The Balaban J connectivity index is 3.38. The van der Waals surface area contributed by atoms with Crippen molar-refractivity contribution >= 4 is 46.4 Å². The second-order valence-electron chi connectivity index (χ2n) is 2.12. The summed E-state index contributed by atoms with van der Waals surface area (Å²) in [5.41, 5.74) is -0.984. The molecule has 0 aliphatic rings. The zero-order valence-electron chi connectivity index (χ0n) is 6.20. The molecule has 0 aromatic rings. The van der Waals surface area contributed by atoms with Gasteiger partial charge in [0.2, 0.25) is 3.79 Å². The minimum Gasteiger partial charge on any atom is -0.358 e. The Labute approximate surface area is 91.1 Å². The van der Waals surface area contributed by atoms with Crippen molar-refractivity contribution in [3.8, 4) is 0 Å². The SMILES string of the molecule is FCCCCOC(Cl)C(Cl)(Cl)Cl.